The van der Waals surface area contributed by atoms with E-state index in [-0.39, 0.29) is 0 Å². The topological polar surface area (TPSA) is 89.4 Å². The third-order valence-corrected chi connectivity index (χ3v) is 0.950. The summed E-state index contributed by atoms with van der Waals surface area (Å²) < 4.78 is 20.5. The van der Waals surface area contributed by atoms with Crippen molar-refractivity contribution in [1.82, 2.24) is 15.6 Å². The highest BCUT2D eigenvalue weighted by molar-refractivity contribution is 7.88. The highest BCUT2D eigenvalue weighted by Gasteiger charge is 2.03. The number of sulfonamides is 1. The first kappa shape index (κ1) is 9.18. The fraction of sp³-hybridized carbons (Fsp3) is 0.667. The number of carbonyl (C=O) groups excluding carboxylic acids is 1. The van der Waals surface area contributed by atoms with E-state index in [1.54, 1.807) is 4.83 Å². The molecule has 0 aliphatic heterocycles. The Bertz CT molecular complexity index is 209. The van der Waals surface area contributed by atoms with E-state index in [1.165, 1.54) is 7.05 Å². The van der Waals surface area contributed by atoms with Crippen LogP contribution in [0.2, 0.25) is 0 Å². The molecule has 0 fully saturated rings. The van der Waals surface area contributed by atoms with Crippen molar-refractivity contribution in [2.75, 3.05) is 13.3 Å². The van der Waals surface area contributed by atoms with Gasteiger partial charge in [0.1, 0.15) is 0 Å². The fourth-order valence-corrected chi connectivity index (χ4v) is 0.429. The Morgan fingerprint density at radius 3 is 2.30 bits per heavy atom. The Kier molecular flexibility index (Phi) is 3.10. The van der Waals surface area contributed by atoms with Crippen LogP contribution in [0.15, 0.2) is 0 Å². The van der Waals surface area contributed by atoms with E-state index in [4.69, 9.17) is 0 Å². The average Bonchev–Trinajstić information content (AvgIpc) is 1.81. The molecule has 7 heteroatoms. The largest absolute Gasteiger partial charge is 0.353 e. The molecule has 0 unspecified atom stereocenters. The number of nitrogens with one attached hydrogen (secondary N) is 2. The predicted molar refractivity (Wildman–Crippen MR) is 34.6 cm³/mol. The van der Waals surface area contributed by atoms with Crippen molar-refractivity contribution in [2.24, 2.45) is 0 Å². The van der Waals surface area contributed by atoms with Gasteiger partial charge in [-0.25, -0.2) is 13.2 Å². The monoisotopic (exact) mass is 166 g/mol. The normalized spacial score (nSPS) is 10.6. The van der Waals surface area contributed by atoms with E-state index in [2.05, 4.69) is 10.7 Å². The van der Waals surface area contributed by atoms with Crippen LogP contribution in [0.3, 0.4) is 0 Å². The summed E-state index contributed by atoms with van der Waals surface area (Å²) in [5.41, 5.74) is 2.93. The van der Waals surface area contributed by atoms with Gasteiger partial charge in [0.15, 0.2) is 0 Å². The van der Waals surface area contributed by atoms with Gasteiger partial charge in [0.25, 0.3) is 0 Å². The van der Waals surface area contributed by atoms with Crippen LogP contribution in [0, 0.1) is 0 Å². The van der Waals surface area contributed by atoms with E-state index in [9.17, 15) is 13.2 Å². The van der Waals surface area contributed by atoms with Crippen LogP contribution in [-0.4, -0.2) is 27.8 Å². The summed E-state index contributed by atoms with van der Waals surface area (Å²) in [4.78, 5) is 11.9. The lowest BCUT2D eigenvalue weighted by Gasteiger charge is -1.98. The maximum atomic E-state index is 10.3. The summed E-state index contributed by atoms with van der Waals surface area (Å²) in [5, 5.41) is 2.10. The lowest BCUT2D eigenvalue weighted by molar-refractivity contribution is 0.240. The molecule has 0 aromatic heterocycles. The minimum atomic E-state index is -3.41. The Morgan fingerprint density at radius 1 is 1.50 bits per heavy atom. The molecule has 0 aliphatic rings. The molecule has 0 bridgehead atoms. The molecule has 0 aromatic carbocycles. The number of amides is 2. The third kappa shape index (κ3) is 5.32. The summed E-state index contributed by atoms with van der Waals surface area (Å²) in [6.45, 7) is 0. The maximum absolute atomic E-state index is 10.3. The summed E-state index contributed by atoms with van der Waals surface area (Å²) >= 11 is 0. The second-order valence-corrected chi connectivity index (χ2v) is 3.26. The first-order valence-corrected chi connectivity index (χ1v) is 4.24. The van der Waals surface area contributed by atoms with Gasteiger partial charge in [-0.15, -0.1) is 10.3 Å². The third-order valence-electron chi connectivity index (χ3n) is 0.527. The summed E-state index contributed by atoms with van der Waals surface area (Å²) in [5.74, 6) is 0. The lowest BCUT2D eigenvalue weighted by atomic mass is 11.0. The van der Waals surface area contributed by atoms with Crippen LogP contribution >= 0.6 is 0 Å². The van der Waals surface area contributed by atoms with E-state index >= 15 is 0 Å². The van der Waals surface area contributed by atoms with E-state index in [1.807, 2.05) is 0 Å². The second-order valence-electron chi connectivity index (χ2n) is 1.53. The van der Waals surface area contributed by atoms with Gasteiger partial charge >= 0.3 is 6.03 Å². The van der Waals surface area contributed by atoms with E-state index in [0.717, 1.165) is 6.26 Å². The quantitative estimate of drug-likeness (QED) is 0.484. The molecule has 2 amide bonds. The summed E-state index contributed by atoms with van der Waals surface area (Å²) in [6, 6.07) is -0.731. The minimum absolute atomic E-state index is 0.731. The van der Waals surface area contributed by atoms with Crippen LogP contribution in [0.4, 0.5) is 4.79 Å². The molecular formula is C3H8N3O3S. The SMILES string of the molecule is CNC(=O)[N]NS(C)(=O)=O. The van der Waals surface area contributed by atoms with Crippen molar-refractivity contribution in [3.8, 4) is 0 Å². The van der Waals surface area contributed by atoms with Crippen LogP contribution in [0.5, 0.6) is 0 Å². The molecule has 0 aromatic rings. The maximum Gasteiger partial charge on any atom is 0.353 e. The fourth-order valence-electron chi connectivity index (χ4n) is 0.180. The zero-order chi connectivity index (χ0) is 8.20. The highest BCUT2D eigenvalue weighted by atomic mass is 32.2. The molecule has 0 spiro atoms. The summed E-state index contributed by atoms with van der Waals surface area (Å²) in [7, 11) is -2.06. The highest BCUT2D eigenvalue weighted by Crippen LogP contribution is 1.68. The van der Waals surface area contributed by atoms with Gasteiger partial charge in [-0.2, -0.15) is 0 Å². The van der Waals surface area contributed by atoms with Crippen LogP contribution in [0.1, 0.15) is 0 Å². The lowest BCUT2D eigenvalue weighted by Crippen LogP contribution is -2.39. The van der Waals surface area contributed by atoms with Crippen molar-refractivity contribution >= 4 is 16.1 Å². The van der Waals surface area contributed by atoms with Crippen LogP contribution < -0.4 is 15.6 Å². The Labute approximate surface area is 59.0 Å². The van der Waals surface area contributed by atoms with Crippen LogP contribution in [0.25, 0.3) is 0 Å². The molecule has 0 rings (SSSR count). The number of urea groups is 1. The van der Waals surface area contributed by atoms with Crippen molar-refractivity contribution in [3.05, 3.63) is 0 Å². The van der Waals surface area contributed by atoms with Gasteiger partial charge in [0.05, 0.1) is 6.26 Å². The molecule has 10 heavy (non-hydrogen) atoms. The minimum Gasteiger partial charge on any atom is -0.338 e. The number of carbonyl (C=O) groups is 1. The van der Waals surface area contributed by atoms with Crippen molar-refractivity contribution in [2.45, 2.75) is 0 Å². The molecule has 0 atom stereocenters. The summed E-state index contributed by atoms with van der Waals surface area (Å²) in [6.07, 6.45) is 0.902. The molecular weight excluding hydrogens is 158 g/mol. The van der Waals surface area contributed by atoms with E-state index in [0.29, 0.717) is 0 Å². The molecule has 6 nitrogen and oxygen atoms in total. The van der Waals surface area contributed by atoms with Gasteiger partial charge in [-0.05, 0) is 0 Å². The molecule has 0 saturated carbocycles. The van der Waals surface area contributed by atoms with Gasteiger partial charge in [0, 0.05) is 7.05 Å². The van der Waals surface area contributed by atoms with Gasteiger partial charge in [-0.1, -0.05) is 0 Å². The van der Waals surface area contributed by atoms with Gasteiger partial charge < -0.3 is 5.32 Å². The zero-order valence-electron chi connectivity index (χ0n) is 5.58. The smallest absolute Gasteiger partial charge is 0.338 e. The number of hydrogen-bond acceptors (Lipinski definition) is 3. The standard InChI is InChI=1S/C3H8N3O3S/c1-4-3(7)5-6-10(2,8)9/h6H,1-2H3,(H,4,7). The Hall–Kier alpha value is -0.820. The van der Waals surface area contributed by atoms with Gasteiger partial charge in [-0.3, -0.25) is 0 Å². The van der Waals surface area contributed by atoms with Crippen molar-refractivity contribution < 1.29 is 13.2 Å². The molecule has 59 valence electrons. The number of hydrogen-bond donors (Lipinski definition) is 2. The Morgan fingerprint density at radius 2 is 2.00 bits per heavy atom. The zero-order valence-corrected chi connectivity index (χ0v) is 6.40. The first-order valence-electron chi connectivity index (χ1n) is 2.35. The number of rotatable bonds is 2. The first-order chi connectivity index (χ1) is 4.45. The van der Waals surface area contributed by atoms with Crippen molar-refractivity contribution in [1.29, 1.82) is 0 Å². The Balaban J connectivity index is 3.67. The number of nitrogens with zero attached hydrogens (tertiary/aromatic N) is 1. The molecule has 2 N–H and O–H groups in total. The van der Waals surface area contributed by atoms with E-state index < -0.39 is 16.1 Å². The average molecular weight is 166 g/mol. The van der Waals surface area contributed by atoms with Crippen molar-refractivity contribution in [3.63, 3.8) is 0 Å². The molecule has 0 saturated heterocycles. The van der Waals surface area contributed by atoms with Gasteiger partial charge in [0.2, 0.25) is 10.0 Å². The predicted octanol–water partition coefficient (Wildman–Crippen LogP) is -1.61. The molecule has 0 aliphatic carbocycles. The molecule has 1 radical (unpaired) electrons. The molecule has 0 heterocycles. The van der Waals surface area contributed by atoms with Crippen LogP contribution in [-0.2, 0) is 10.0 Å². The second kappa shape index (κ2) is 3.37.